The van der Waals surface area contributed by atoms with Gasteiger partial charge in [-0.05, 0) is 12.5 Å². The summed E-state index contributed by atoms with van der Waals surface area (Å²) in [7, 11) is 0. The largest absolute Gasteiger partial charge is 0.334 e. The van der Waals surface area contributed by atoms with E-state index >= 15 is 0 Å². The zero-order valence-electron chi connectivity index (χ0n) is 9.84. The Morgan fingerprint density at radius 1 is 1.35 bits per heavy atom. The summed E-state index contributed by atoms with van der Waals surface area (Å²) in [6.07, 6.45) is 0. The molecule has 1 atom stereocenters. The van der Waals surface area contributed by atoms with Crippen LogP contribution in [0.25, 0.3) is 0 Å². The minimum atomic E-state index is -2.93. The zero-order chi connectivity index (χ0) is 12.9. The van der Waals surface area contributed by atoms with Gasteiger partial charge in [0.2, 0.25) is 0 Å². The van der Waals surface area contributed by atoms with Crippen molar-refractivity contribution in [3.63, 3.8) is 0 Å². The van der Waals surface area contributed by atoms with Gasteiger partial charge in [0.25, 0.3) is 5.92 Å². The van der Waals surface area contributed by atoms with Crippen LogP contribution in [0.3, 0.4) is 0 Å². The number of carbonyl (C=O) groups is 1. The second kappa shape index (κ2) is 5.61. The van der Waals surface area contributed by atoms with Crippen LogP contribution in [0.1, 0.15) is 19.4 Å². The third-order valence-corrected chi connectivity index (χ3v) is 2.40. The van der Waals surface area contributed by atoms with Gasteiger partial charge in [0.05, 0.1) is 6.04 Å². The van der Waals surface area contributed by atoms with Crippen molar-refractivity contribution in [2.75, 3.05) is 0 Å². The second-order valence-corrected chi connectivity index (χ2v) is 3.99. The van der Waals surface area contributed by atoms with Crippen LogP contribution in [0.15, 0.2) is 30.3 Å². The van der Waals surface area contributed by atoms with E-state index in [1.807, 2.05) is 30.3 Å². The maximum Gasteiger partial charge on any atom is 0.315 e. The second-order valence-electron chi connectivity index (χ2n) is 3.99. The lowest BCUT2D eigenvalue weighted by Crippen LogP contribution is -2.47. The number of hydrogen-bond acceptors (Lipinski definition) is 1. The minimum absolute atomic E-state index is 0.314. The number of halogens is 2. The summed E-state index contributed by atoms with van der Waals surface area (Å²) in [6.45, 7) is 2.35. The molecule has 1 unspecified atom stereocenters. The molecule has 0 aliphatic carbocycles. The molecule has 2 N–H and O–H groups in total. The van der Waals surface area contributed by atoms with Gasteiger partial charge in [-0.2, -0.15) is 0 Å². The van der Waals surface area contributed by atoms with Gasteiger partial charge in [0.15, 0.2) is 0 Å². The average Bonchev–Trinajstić information content (AvgIpc) is 2.26. The Morgan fingerprint density at radius 3 is 2.47 bits per heavy atom. The topological polar surface area (TPSA) is 41.1 Å². The van der Waals surface area contributed by atoms with Gasteiger partial charge in [-0.3, -0.25) is 0 Å². The van der Waals surface area contributed by atoms with E-state index in [2.05, 4.69) is 10.6 Å². The minimum Gasteiger partial charge on any atom is -0.334 e. The van der Waals surface area contributed by atoms with Crippen molar-refractivity contribution in [1.82, 2.24) is 10.6 Å². The highest BCUT2D eigenvalue weighted by Gasteiger charge is 2.31. The first-order chi connectivity index (χ1) is 7.89. The molecule has 5 heteroatoms. The predicted octanol–water partition coefficient (Wildman–Crippen LogP) is 2.53. The van der Waals surface area contributed by atoms with Crippen LogP contribution in [0.2, 0.25) is 0 Å². The van der Waals surface area contributed by atoms with Crippen molar-refractivity contribution >= 4 is 6.03 Å². The molecule has 0 radical (unpaired) electrons. The molecular weight excluding hydrogens is 226 g/mol. The maximum atomic E-state index is 12.8. The fourth-order valence-corrected chi connectivity index (χ4v) is 1.15. The van der Waals surface area contributed by atoms with Crippen LogP contribution >= 0.6 is 0 Å². The first-order valence-corrected chi connectivity index (χ1v) is 5.35. The van der Waals surface area contributed by atoms with Gasteiger partial charge in [0.1, 0.15) is 0 Å². The number of urea groups is 1. The molecule has 0 heterocycles. The molecule has 1 rings (SSSR count). The van der Waals surface area contributed by atoms with Crippen LogP contribution in [0, 0.1) is 0 Å². The van der Waals surface area contributed by atoms with Gasteiger partial charge in [-0.1, -0.05) is 30.3 Å². The first-order valence-electron chi connectivity index (χ1n) is 5.35. The van der Waals surface area contributed by atoms with Crippen molar-refractivity contribution < 1.29 is 13.6 Å². The quantitative estimate of drug-likeness (QED) is 0.837. The van der Waals surface area contributed by atoms with Crippen LogP contribution in [0.4, 0.5) is 13.6 Å². The van der Waals surface area contributed by atoms with Crippen molar-refractivity contribution in [2.45, 2.75) is 32.4 Å². The molecule has 0 aromatic heterocycles. The number of alkyl halides is 2. The zero-order valence-corrected chi connectivity index (χ0v) is 9.84. The van der Waals surface area contributed by atoms with Crippen molar-refractivity contribution in [2.24, 2.45) is 0 Å². The van der Waals surface area contributed by atoms with Gasteiger partial charge < -0.3 is 10.6 Å². The predicted molar refractivity (Wildman–Crippen MR) is 61.9 cm³/mol. The number of nitrogens with one attached hydrogen (secondary N) is 2. The Balaban J connectivity index is 2.36. The van der Waals surface area contributed by atoms with Gasteiger partial charge in [0, 0.05) is 13.5 Å². The molecule has 0 saturated carbocycles. The number of benzene rings is 1. The van der Waals surface area contributed by atoms with E-state index in [1.165, 1.54) is 6.92 Å². The molecule has 0 fully saturated rings. The summed E-state index contributed by atoms with van der Waals surface area (Å²) >= 11 is 0. The Labute approximate surface area is 99.2 Å². The molecule has 0 spiro atoms. The monoisotopic (exact) mass is 242 g/mol. The molecule has 1 aromatic carbocycles. The number of hydrogen-bond donors (Lipinski definition) is 2. The van der Waals surface area contributed by atoms with Crippen molar-refractivity contribution in [1.29, 1.82) is 0 Å². The Kier molecular flexibility index (Phi) is 4.43. The van der Waals surface area contributed by atoms with Gasteiger partial charge in [-0.15, -0.1) is 0 Å². The Hall–Kier alpha value is -1.65. The lowest BCUT2D eigenvalue weighted by molar-refractivity contribution is -0.00839. The fourth-order valence-electron chi connectivity index (χ4n) is 1.15. The standard InChI is InChI=1S/C12H16F2N2O/c1-9(12(2,13)14)16-11(17)15-8-10-6-4-3-5-7-10/h3-7,9H,8H2,1-2H3,(H2,15,16,17). The summed E-state index contributed by atoms with van der Waals surface area (Å²) in [5, 5.41) is 4.71. The molecule has 94 valence electrons. The van der Waals surface area contributed by atoms with Crippen LogP contribution in [-0.4, -0.2) is 18.0 Å². The molecule has 0 aliphatic heterocycles. The van der Waals surface area contributed by atoms with Gasteiger partial charge in [-0.25, -0.2) is 13.6 Å². The highest BCUT2D eigenvalue weighted by atomic mass is 19.3. The van der Waals surface area contributed by atoms with E-state index in [0.717, 1.165) is 12.5 Å². The molecule has 0 aliphatic rings. The first kappa shape index (κ1) is 13.4. The maximum absolute atomic E-state index is 12.8. The average molecular weight is 242 g/mol. The summed E-state index contributed by atoms with van der Waals surface area (Å²) < 4.78 is 25.6. The smallest absolute Gasteiger partial charge is 0.315 e. The van der Waals surface area contributed by atoms with E-state index in [9.17, 15) is 13.6 Å². The summed E-state index contributed by atoms with van der Waals surface area (Å²) in [4.78, 5) is 11.3. The van der Waals surface area contributed by atoms with E-state index in [4.69, 9.17) is 0 Å². The molecule has 0 bridgehead atoms. The number of amides is 2. The van der Waals surface area contributed by atoms with E-state index in [-0.39, 0.29) is 0 Å². The molecular formula is C12H16F2N2O. The Bertz CT molecular complexity index is 363. The van der Waals surface area contributed by atoms with Crippen molar-refractivity contribution in [3.8, 4) is 0 Å². The van der Waals surface area contributed by atoms with E-state index in [1.54, 1.807) is 0 Å². The fraction of sp³-hybridized carbons (Fsp3) is 0.417. The Morgan fingerprint density at radius 2 is 1.94 bits per heavy atom. The molecule has 2 amide bonds. The van der Waals surface area contributed by atoms with E-state index < -0.39 is 18.0 Å². The summed E-state index contributed by atoms with van der Waals surface area (Å²) in [5.74, 6) is -2.93. The number of rotatable bonds is 4. The SMILES string of the molecule is CC(NC(=O)NCc1ccccc1)C(C)(F)F. The van der Waals surface area contributed by atoms with E-state index in [0.29, 0.717) is 6.54 Å². The lowest BCUT2D eigenvalue weighted by Gasteiger charge is -2.20. The molecule has 0 saturated heterocycles. The lowest BCUT2D eigenvalue weighted by atomic mass is 10.2. The molecule has 1 aromatic rings. The molecule has 17 heavy (non-hydrogen) atoms. The third-order valence-electron chi connectivity index (χ3n) is 2.40. The highest BCUT2D eigenvalue weighted by Crippen LogP contribution is 2.16. The summed E-state index contributed by atoms with van der Waals surface area (Å²) in [6, 6.07) is 7.45. The van der Waals surface area contributed by atoms with Crippen LogP contribution < -0.4 is 10.6 Å². The van der Waals surface area contributed by atoms with Crippen LogP contribution in [-0.2, 0) is 6.54 Å². The summed E-state index contributed by atoms with van der Waals surface area (Å²) in [5.41, 5.74) is 0.915. The van der Waals surface area contributed by atoms with Crippen LogP contribution in [0.5, 0.6) is 0 Å². The number of carbonyl (C=O) groups excluding carboxylic acids is 1. The van der Waals surface area contributed by atoms with Crippen molar-refractivity contribution in [3.05, 3.63) is 35.9 Å². The highest BCUT2D eigenvalue weighted by molar-refractivity contribution is 5.74. The van der Waals surface area contributed by atoms with Gasteiger partial charge >= 0.3 is 6.03 Å². The normalized spacial score (nSPS) is 12.9. The molecule has 3 nitrogen and oxygen atoms in total. The third kappa shape index (κ3) is 4.80.